The molecule has 1 amide bonds. The van der Waals surface area contributed by atoms with Gasteiger partial charge in [0.25, 0.3) is 5.91 Å². The summed E-state index contributed by atoms with van der Waals surface area (Å²) in [7, 11) is 3.30. The highest BCUT2D eigenvalue weighted by atomic mass is 35.5. The van der Waals surface area contributed by atoms with Crippen molar-refractivity contribution in [1.82, 2.24) is 9.88 Å². The van der Waals surface area contributed by atoms with Crippen molar-refractivity contribution in [3.63, 3.8) is 0 Å². The summed E-state index contributed by atoms with van der Waals surface area (Å²) in [5.74, 6) is -0.240. The van der Waals surface area contributed by atoms with E-state index in [1.165, 1.54) is 12.1 Å². The molecule has 7 heteroatoms. The Bertz CT molecular complexity index is 1000. The first-order valence-corrected chi connectivity index (χ1v) is 8.21. The first-order valence-electron chi connectivity index (χ1n) is 7.83. The van der Waals surface area contributed by atoms with Crippen molar-refractivity contribution in [3.05, 3.63) is 58.2 Å². The highest BCUT2D eigenvalue weighted by molar-refractivity contribution is 6.32. The van der Waals surface area contributed by atoms with Gasteiger partial charge in [0.1, 0.15) is 5.69 Å². The Balaban J connectivity index is 2.28. The summed E-state index contributed by atoms with van der Waals surface area (Å²) < 4.78 is 40.2. The fourth-order valence-electron chi connectivity index (χ4n) is 3.24. The number of halogens is 4. The van der Waals surface area contributed by atoms with Crippen LogP contribution in [0.2, 0.25) is 5.02 Å². The number of aromatic nitrogens is 1. The van der Waals surface area contributed by atoms with E-state index in [9.17, 15) is 18.0 Å². The number of hydrogen-bond donors (Lipinski definition) is 1. The van der Waals surface area contributed by atoms with Crippen LogP contribution >= 0.6 is 11.6 Å². The summed E-state index contributed by atoms with van der Waals surface area (Å²) in [5.41, 5.74) is 2.53. The van der Waals surface area contributed by atoms with Gasteiger partial charge in [-0.2, -0.15) is 13.2 Å². The number of fused-ring (bicyclic) bond motifs is 1. The molecule has 0 atom stereocenters. The van der Waals surface area contributed by atoms with Gasteiger partial charge >= 0.3 is 6.18 Å². The Hall–Kier alpha value is -2.47. The molecule has 0 aliphatic rings. The van der Waals surface area contributed by atoms with E-state index in [2.05, 4.69) is 5.32 Å². The van der Waals surface area contributed by atoms with Crippen molar-refractivity contribution >= 4 is 28.4 Å². The summed E-state index contributed by atoms with van der Waals surface area (Å²) in [4.78, 5) is 12.2. The maximum Gasteiger partial charge on any atom is 0.416 e. The molecule has 0 aliphatic heterocycles. The standard InChI is InChI=1S/C19H16ClF3N2O/c1-10-14-8-13(20)9-15(17(14)25(3)16(10)18(26)24-2)11-4-6-12(7-5-11)19(21,22)23/h4-9H,1-3H3,(H,24,26). The quantitative estimate of drug-likeness (QED) is 0.652. The lowest BCUT2D eigenvalue weighted by Crippen LogP contribution is -2.21. The van der Waals surface area contributed by atoms with Crippen LogP contribution < -0.4 is 5.32 Å². The van der Waals surface area contributed by atoms with E-state index in [0.717, 1.165) is 28.6 Å². The highest BCUT2D eigenvalue weighted by Crippen LogP contribution is 2.37. The number of nitrogens with zero attached hydrogens (tertiary/aromatic N) is 1. The van der Waals surface area contributed by atoms with Crippen LogP contribution in [0.25, 0.3) is 22.0 Å². The van der Waals surface area contributed by atoms with E-state index in [0.29, 0.717) is 21.8 Å². The number of rotatable bonds is 2. The molecule has 0 bridgehead atoms. The fraction of sp³-hybridized carbons (Fsp3) is 0.211. The third kappa shape index (κ3) is 2.94. The van der Waals surface area contributed by atoms with E-state index in [1.54, 1.807) is 30.8 Å². The zero-order valence-electron chi connectivity index (χ0n) is 14.3. The lowest BCUT2D eigenvalue weighted by atomic mass is 10.0. The fourth-order valence-corrected chi connectivity index (χ4v) is 3.46. The zero-order valence-corrected chi connectivity index (χ0v) is 15.1. The highest BCUT2D eigenvalue weighted by Gasteiger charge is 2.30. The van der Waals surface area contributed by atoms with Crippen LogP contribution in [0.3, 0.4) is 0 Å². The van der Waals surface area contributed by atoms with Crippen LogP contribution in [-0.4, -0.2) is 17.5 Å². The molecular weight excluding hydrogens is 365 g/mol. The van der Waals surface area contributed by atoms with Crippen LogP contribution in [0.4, 0.5) is 13.2 Å². The molecule has 0 radical (unpaired) electrons. The van der Waals surface area contributed by atoms with Crippen molar-refractivity contribution in [3.8, 4) is 11.1 Å². The SMILES string of the molecule is CNC(=O)c1c(C)c2cc(Cl)cc(-c3ccc(C(F)(F)F)cc3)c2n1C. The van der Waals surface area contributed by atoms with Gasteiger partial charge in [-0.1, -0.05) is 23.7 Å². The van der Waals surface area contributed by atoms with Crippen molar-refractivity contribution < 1.29 is 18.0 Å². The first-order chi connectivity index (χ1) is 12.1. The molecule has 2 aromatic carbocycles. The Kier molecular flexibility index (Phi) is 4.48. The summed E-state index contributed by atoms with van der Waals surface area (Å²) in [6.45, 7) is 1.82. The molecule has 1 N–H and O–H groups in total. The second-order valence-electron chi connectivity index (χ2n) is 6.04. The van der Waals surface area contributed by atoms with E-state index in [1.807, 2.05) is 6.92 Å². The molecule has 3 nitrogen and oxygen atoms in total. The minimum Gasteiger partial charge on any atom is -0.354 e. The van der Waals surface area contributed by atoms with E-state index in [4.69, 9.17) is 11.6 Å². The molecule has 1 aromatic heterocycles. The molecule has 3 rings (SSSR count). The number of amides is 1. The van der Waals surface area contributed by atoms with Gasteiger partial charge < -0.3 is 9.88 Å². The van der Waals surface area contributed by atoms with Crippen LogP contribution in [0.15, 0.2) is 36.4 Å². The number of carbonyl (C=O) groups is 1. The summed E-state index contributed by atoms with van der Waals surface area (Å²) in [6.07, 6.45) is -4.39. The molecule has 0 unspecified atom stereocenters. The average Bonchev–Trinajstić information content (AvgIpc) is 2.84. The maximum atomic E-state index is 12.8. The van der Waals surface area contributed by atoms with Gasteiger partial charge in [0, 0.05) is 30.1 Å². The second-order valence-corrected chi connectivity index (χ2v) is 6.47. The third-order valence-corrected chi connectivity index (χ3v) is 4.69. The predicted molar refractivity (Wildman–Crippen MR) is 96.5 cm³/mol. The maximum absolute atomic E-state index is 12.8. The van der Waals surface area contributed by atoms with Gasteiger partial charge in [0.15, 0.2) is 0 Å². The van der Waals surface area contributed by atoms with Crippen LogP contribution in [0, 0.1) is 6.92 Å². The Labute approximate surface area is 153 Å². The van der Waals surface area contributed by atoms with Crippen LogP contribution in [0.1, 0.15) is 21.6 Å². The second kappa shape index (κ2) is 6.36. The first kappa shape index (κ1) is 18.3. The molecule has 0 saturated carbocycles. The minimum atomic E-state index is -4.39. The number of aryl methyl sites for hydroxylation is 2. The van der Waals surface area contributed by atoms with Gasteiger partial charge in [-0.25, -0.2) is 0 Å². The monoisotopic (exact) mass is 380 g/mol. The summed E-state index contributed by atoms with van der Waals surface area (Å²) in [6, 6.07) is 8.35. The van der Waals surface area contributed by atoms with E-state index < -0.39 is 11.7 Å². The van der Waals surface area contributed by atoms with Gasteiger partial charge in [-0.15, -0.1) is 0 Å². The molecule has 0 aliphatic carbocycles. The third-order valence-electron chi connectivity index (χ3n) is 4.47. The molecule has 26 heavy (non-hydrogen) atoms. The lowest BCUT2D eigenvalue weighted by Gasteiger charge is -2.11. The molecule has 3 aromatic rings. The largest absolute Gasteiger partial charge is 0.416 e. The number of alkyl halides is 3. The Morgan fingerprint density at radius 1 is 1.15 bits per heavy atom. The molecule has 0 fully saturated rings. The van der Waals surface area contributed by atoms with E-state index in [-0.39, 0.29) is 5.91 Å². The van der Waals surface area contributed by atoms with Gasteiger partial charge in [-0.3, -0.25) is 4.79 Å². The normalized spacial score (nSPS) is 11.8. The van der Waals surface area contributed by atoms with Crippen molar-refractivity contribution in [2.45, 2.75) is 13.1 Å². The van der Waals surface area contributed by atoms with Crippen molar-refractivity contribution in [1.29, 1.82) is 0 Å². The van der Waals surface area contributed by atoms with Gasteiger partial charge in [0.2, 0.25) is 0 Å². The average molecular weight is 381 g/mol. The number of nitrogens with one attached hydrogen (secondary N) is 1. The molecular formula is C19H16ClF3N2O. The number of benzene rings is 2. The number of hydrogen-bond acceptors (Lipinski definition) is 1. The van der Waals surface area contributed by atoms with Crippen molar-refractivity contribution in [2.24, 2.45) is 7.05 Å². The Morgan fingerprint density at radius 3 is 2.31 bits per heavy atom. The smallest absolute Gasteiger partial charge is 0.354 e. The topological polar surface area (TPSA) is 34.0 Å². The van der Waals surface area contributed by atoms with Crippen LogP contribution in [-0.2, 0) is 13.2 Å². The van der Waals surface area contributed by atoms with Gasteiger partial charge in [0.05, 0.1) is 11.1 Å². The van der Waals surface area contributed by atoms with Crippen LogP contribution in [0.5, 0.6) is 0 Å². The van der Waals surface area contributed by atoms with Gasteiger partial charge in [-0.05, 0) is 42.3 Å². The minimum absolute atomic E-state index is 0.240. The zero-order chi connectivity index (χ0) is 19.2. The molecule has 0 saturated heterocycles. The predicted octanol–water partition coefficient (Wildman–Crippen LogP) is 5.19. The summed E-state index contributed by atoms with van der Waals surface area (Å²) >= 11 is 6.23. The van der Waals surface area contributed by atoms with E-state index >= 15 is 0 Å². The molecule has 1 heterocycles. The van der Waals surface area contributed by atoms with Crippen molar-refractivity contribution in [2.75, 3.05) is 7.05 Å². The molecule has 136 valence electrons. The lowest BCUT2D eigenvalue weighted by molar-refractivity contribution is -0.137. The number of carbonyl (C=O) groups excluding carboxylic acids is 1. The summed E-state index contributed by atoms with van der Waals surface area (Å²) in [5, 5.41) is 3.84. The molecule has 0 spiro atoms. The Morgan fingerprint density at radius 2 is 1.77 bits per heavy atom.